The topological polar surface area (TPSA) is 49.9 Å². The van der Waals surface area contributed by atoms with Crippen molar-refractivity contribution in [1.82, 2.24) is 9.80 Å². The Morgan fingerprint density at radius 1 is 1.14 bits per heavy atom. The Morgan fingerprint density at radius 3 is 2.33 bits per heavy atom. The number of rotatable bonds is 3. The molecule has 0 saturated carbocycles. The van der Waals surface area contributed by atoms with Crippen molar-refractivity contribution in [1.29, 1.82) is 0 Å². The lowest BCUT2D eigenvalue weighted by molar-refractivity contribution is -0.183. The monoisotopic (exact) mass is 312 g/mol. The van der Waals surface area contributed by atoms with E-state index in [4.69, 9.17) is 4.74 Å². The number of carbonyl (C=O) groups is 2. The molecule has 1 unspecified atom stereocenters. The van der Waals surface area contributed by atoms with Gasteiger partial charge in [-0.15, -0.1) is 0 Å². The molecule has 9 heteroatoms. The first-order valence-electron chi connectivity index (χ1n) is 6.69. The van der Waals surface area contributed by atoms with Crippen LogP contribution in [0.5, 0.6) is 0 Å². The summed E-state index contributed by atoms with van der Waals surface area (Å²) in [6, 6.07) is -1.08. The fraction of sp³-hybridized carbons (Fsp3) is 0.833. The molecule has 2 rings (SSSR count). The SMILES string of the molecule is O=C(C1CCCN1C(=O)C(F)(F)C(F)F)N1CCOCC1. The van der Waals surface area contributed by atoms with Gasteiger partial charge in [0.15, 0.2) is 0 Å². The maximum atomic E-state index is 13.2. The number of likely N-dealkylation sites (tertiary alicyclic amines) is 1. The van der Waals surface area contributed by atoms with Crippen LogP contribution in [0, 0.1) is 0 Å². The molecule has 2 saturated heterocycles. The Labute approximate surface area is 118 Å². The van der Waals surface area contributed by atoms with Crippen LogP contribution < -0.4 is 0 Å². The number of amides is 2. The predicted molar refractivity (Wildman–Crippen MR) is 63.1 cm³/mol. The zero-order valence-electron chi connectivity index (χ0n) is 11.2. The van der Waals surface area contributed by atoms with Crippen LogP contribution >= 0.6 is 0 Å². The van der Waals surface area contributed by atoms with Gasteiger partial charge in [-0.2, -0.15) is 8.78 Å². The van der Waals surface area contributed by atoms with E-state index in [1.165, 1.54) is 4.90 Å². The summed E-state index contributed by atoms with van der Waals surface area (Å²) < 4.78 is 56.0. The van der Waals surface area contributed by atoms with Gasteiger partial charge >= 0.3 is 12.3 Å². The molecule has 1 atom stereocenters. The molecule has 2 aliphatic heterocycles. The van der Waals surface area contributed by atoms with E-state index >= 15 is 0 Å². The normalized spacial score (nSPS) is 23.8. The predicted octanol–water partition coefficient (Wildman–Crippen LogP) is 0.737. The van der Waals surface area contributed by atoms with Crippen molar-refractivity contribution < 1.29 is 31.9 Å². The minimum absolute atomic E-state index is 0.109. The molecule has 2 fully saturated rings. The number of halogens is 4. The second-order valence-electron chi connectivity index (χ2n) is 5.02. The molecule has 2 heterocycles. The third kappa shape index (κ3) is 3.12. The Morgan fingerprint density at radius 2 is 1.76 bits per heavy atom. The summed E-state index contributed by atoms with van der Waals surface area (Å²) in [5.74, 6) is -7.20. The molecule has 5 nitrogen and oxygen atoms in total. The number of morpholine rings is 1. The molecule has 0 aromatic rings. The van der Waals surface area contributed by atoms with Crippen LogP contribution in [0.25, 0.3) is 0 Å². The standard InChI is InChI=1S/C12H16F4N2O3/c13-10(14)12(15,16)11(20)18-3-1-2-8(18)9(19)17-4-6-21-7-5-17/h8,10H,1-7H2. The summed E-state index contributed by atoms with van der Waals surface area (Å²) in [6.45, 7) is 1.17. The van der Waals surface area contributed by atoms with E-state index in [0.29, 0.717) is 37.6 Å². The van der Waals surface area contributed by atoms with E-state index < -0.39 is 30.2 Å². The lowest BCUT2D eigenvalue weighted by Gasteiger charge is -2.33. The van der Waals surface area contributed by atoms with Gasteiger partial charge in [-0.05, 0) is 12.8 Å². The van der Waals surface area contributed by atoms with E-state index in [1.807, 2.05) is 0 Å². The average molecular weight is 312 g/mol. The first-order valence-corrected chi connectivity index (χ1v) is 6.69. The first kappa shape index (κ1) is 16.0. The van der Waals surface area contributed by atoms with Crippen LogP contribution in [-0.2, 0) is 14.3 Å². The van der Waals surface area contributed by atoms with Crippen LogP contribution in [0.3, 0.4) is 0 Å². The molecule has 0 N–H and O–H groups in total. The van der Waals surface area contributed by atoms with Gasteiger partial charge in [-0.3, -0.25) is 9.59 Å². The number of ether oxygens (including phenoxy) is 1. The lowest BCUT2D eigenvalue weighted by Crippen LogP contribution is -2.55. The quantitative estimate of drug-likeness (QED) is 0.722. The van der Waals surface area contributed by atoms with Crippen molar-refractivity contribution in [3.05, 3.63) is 0 Å². The number of hydrogen-bond acceptors (Lipinski definition) is 3. The van der Waals surface area contributed by atoms with Crippen molar-refractivity contribution in [2.45, 2.75) is 31.2 Å². The second-order valence-corrected chi connectivity index (χ2v) is 5.02. The highest BCUT2D eigenvalue weighted by Crippen LogP contribution is 2.30. The van der Waals surface area contributed by atoms with Gasteiger partial charge in [0.2, 0.25) is 5.91 Å². The van der Waals surface area contributed by atoms with Crippen LogP contribution in [0.2, 0.25) is 0 Å². The second kappa shape index (κ2) is 6.17. The minimum atomic E-state index is -4.76. The third-order valence-electron chi connectivity index (χ3n) is 3.68. The van der Waals surface area contributed by atoms with Crippen LogP contribution in [0.15, 0.2) is 0 Å². The first-order chi connectivity index (χ1) is 9.85. The van der Waals surface area contributed by atoms with E-state index in [1.54, 1.807) is 0 Å². The molecular formula is C12H16F4N2O3. The smallest absolute Gasteiger partial charge is 0.378 e. The van der Waals surface area contributed by atoms with Gasteiger partial charge in [0.25, 0.3) is 5.91 Å². The summed E-state index contributed by atoms with van der Waals surface area (Å²) >= 11 is 0. The molecule has 0 bridgehead atoms. The van der Waals surface area contributed by atoms with Gasteiger partial charge in [-0.25, -0.2) is 8.78 Å². The molecule has 0 aromatic heterocycles. The highest BCUT2D eigenvalue weighted by Gasteiger charge is 2.54. The summed E-state index contributed by atoms with van der Waals surface area (Å²) in [7, 11) is 0. The number of alkyl halides is 4. The molecule has 0 aliphatic carbocycles. The Hall–Kier alpha value is -1.38. The highest BCUT2D eigenvalue weighted by atomic mass is 19.3. The van der Waals surface area contributed by atoms with Gasteiger partial charge in [0.1, 0.15) is 6.04 Å². The summed E-state index contributed by atoms with van der Waals surface area (Å²) in [5.41, 5.74) is 0. The minimum Gasteiger partial charge on any atom is -0.378 e. The fourth-order valence-corrected chi connectivity index (χ4v) is 2.55. The molecule has 120 valence electrons. The van der Waals surface area contributed by atoms with Crippen molar-refractivity contribution in [3.63, 3.8) is 0 Å². The zero-order chi connectivity index (χ0) is 15.6. The molecule has 0 spiro atoms. The molecule has 21 heavy (non-hydrogen) atoms. The zero-order valence-corrected chi connectivity index (χ0v) is 11.2. The van der Waals surface area contributed by atoms with Crippen molar-refractivity contribution in [2.75, 3.05) is 32.8 Å². The van der Waals surface area contributed by atoms with E-state index in [9.17, 15) is 27.2 Å². The van der Waals surface area contributed by atoms with Crippen molar-refractivity contribution >= 4 is 11.8 Å². The average Bonchev–Trinajstić information content (AvgIpc) is 2.95. The van der Waals surface area contributed by atoms with Gasteiger partial charge in [-0.1, -0.05) is 0 Å². The molecule has 0 radical (unpaired) electrons. The summed E-state index contributed by atoms with van der Waals surface area (Å²) in [5, 5.41) is 0. The largest absolute Gasteiger partial charge is 0.383 e. The molecule has 2 amide bonds. The van der Waals surface area contributed by atoms with Gasteiger partial charge in [0, 0.05) is 19.6 Å². The Bertz CT molecular complexity index is 413. The third-order valence-corrected chi connectivity index (χ3v) is 3.68. The molecule has 0 aromatic carbocycles. The number of hydrogen-bond donors (Lipinski definition) is 0. The number of nitrogens with zero attached hydrogens (tertiary/aromatic N) is 2. The molecular weight excluding hydrogens is 296 g/mol. The van der Waals surface area contributed by atoms with E-state index in [0.717, 1.165) is 0 Å². The van der Waals surface area contributed by atoms with Crippen LogP contribution in [-0.4, -0.2) is 72.9 Å². The lowest BCUT2D eigenvalue weighted by atomic mass is 10.1. The maximum Gasteiger partial charge on any atom is 0.383 e. The van der Waals surface area contributed by atoms with Crippen LogP contribution in [0.4, 0.5) is 17.6 Å². The summed E-state index contributed by atoms with van der Waals surface area (Å²) in [4.78, 5) is 25.9. The van der Waals surface area contributed by atoms with Crippen molar-refractivity contribution in [3.8, 4) is 0 Å². The van der Waals surface area contributed by atoms with E-state index in [-0.39, 0.29) is 13.0 Å². The highest BCUT2D eigenvalue weighted by molar-refractivity contribution is 5.91. The number of carbonyl (C=O) groups excluding carboxylic acids is 2. The Kier molecular flexibility index (Phi) is 4.70. The van der Waals surface area contributed by atoms with Gasteiger partial charge < -0.3 is 14.5 Å². The molecule has 2 aliphatic rings. The van der Waals surface area contributed by atoms with Gasteiger partial charge in [0.05, 0.1) is 13.2 Å². The maximum absolute atomic E-state index is 13.2. The fourth-order valence-electron chi connectivity index (χ4n) is 2.55. The van der Waals surface area contributed by atoms with Crippen molar-refractivity contribution in [2.24, 2.45) is 0 Å². The van der Waals surface area contributed by atoms with Crippen LogP contribution in [0.1, 0.15) is 12.8 Å². The van der Waals surface area contributed by atoms with E-state index in [2.05, 4.69) is 0 Å². The Balaban J connectivity index is 2.09. The summed E-state index contributed by atoms with van der Waals surface area (Å²) in [6.07, 6.45) is -3.53.